The van der Waals surface area contributed by atoms with E-state index in [4.69, 9.17) is 21.1 Å². The highest BCUT2D eigenvalue weighted by Gasteiger charge is 2.33. The van der Waals surface area contributed by atoms with Gasteiger partial charge in [-0.1, -0.05) is 30.7 Å². The number of amides is 2. The highest BCUT2D eigenvalue weighted by molar-refractivity contribution is 7.92. The second kappa shape index (κ2) is 13.2. The first-order chi connectivity index (χ1) is 19.6. The number of hydrogen-bond acceptors (Lipinski definition) is 6. The standard InChI is InChI=1S/C29H31ClFN3O6S/c1-3-13-32-29(36)20(2)33(18-21-5-4-6-22(30)16-21)28(35)19-34(24-9-7-23(31)8-10-24)41(37,38)25-11-12-26-27(17-25)40-15-14-39-26/h4-12,16-17,20H,3,13-15,18-19H2,1-2H3,(H,32,36)/t20-/m0/s1. The molecular formula is C29H31ClFN3O6S. The highest BCUT2D eigenvalue weighted by atomic mass is 35.5. The van der Waals surface area contributed by atoms with Crippen LogP contribution in [0.1, 0.15) is 25.8 Å². The topological polar surface area (TPSA) is 105 Å². The molecule has 1 heterocycles. The summed E-state index contributed by atoms with van der Waals surface area (Å²) in [5, 5.41) is 3.23. The third-order valence-electron chi connectivity index (χ3n) is 6.45. The number of fused-ring (bicyclic) bond motifs is 1. The van der Waals surface area contributed by atoms with Gasteiger partial charge in [0.15, 0.2) is 11.5 Å². The first kappa shape index (κ1) is 30.1. The molecule has 0 aliphatic carbocycles. The molecule has 3 aromatic rings. The van der Waals surface area contributed by atoms with Crippen molar-refractivity contribution < 1.29 is 31.9 Å². The Morgan fingerprint density at radius 1 is 1.02 bits per heavy atom. The minimum atomic E-state index is -4.36. The van der Waals surface area contributed by atoms with Gasteiger partial charge in [0.05, 0.1) is 10.6 Å². The van der Waals surface area contributed by atoms with Crippen LogP contribution in [0.2, 0.25) is 5.02 Å². The van der Waals surface area contributed by atoms with Crippen molar-refractivity contribution in [2.45, 2.75) is 37.8 Å². The molecule has 1 N–H and O–H groups in total. The zero-order valence-electron chi connectivity index (χ0n) is 22.7. The van der Waals surface area contributed by atoms with Gasteiger partial charge in [0.25, 0.3) is 10.0 Å². The van der Waals surface area contributed by atoms with Gasteiger partial charge < -0.3 is 19.7 Å². The summed E-state index contributed by atoms with van der Waals surface area (Å²) in [7, 11) is -4.36. The van der Waals surface area contributed by atoms with Crippen molar-refractivity contribution in [3.05, 3.63) is 83.1 Å². The van der Waals surface area contributed by atoms with Gasteiger partial charge in [0.1, 0.15) is 31.6 Å². The fourth-order valence-corrected chi connectivity index (χ4v) is 5.90. The molecule has 3 aromatic carbocycles. The summed E-state index contributed by atoms with van der Waals surface area (Å²) < 4.78 is 53.7. The van der Waals surface area contributed by atoms with Gasteiger partial charge in [-0.3, -0.25) is 13.9 Å². The summed E-state index contributed by atoms with van der Waals surface area (Å²) in [6, 6.07) is 14.8. The number of anilines is 1. The maximum atomic E-state index is 14.0. The number of nitrogens with one attached hydrogen (secondary N) is 1. The number of hydrogen-bond donors (Lipinski definition) is 1. The number of sulfonamides is 1. The van der Waals surface area contributed by atoms with Crippen LogP contribution < -0.4 is 19.1 Å². The summed E-state index contributed by atoms with van der Waals surface area (Å²) in [5.74, 6) is -0.939. The first-order valence-electron chi connectivity index (χ1n) is 13.1. The number of benzene rings is 3. The Labute approximate surface area is 243 Å². The monoisotopic (exact) mass is 603 g/mol. The Morgan fingerprint density at radius 3 is 2.41 bits per heavy atom. The van der Waals surface area contributed by atoms with Gasteiger partial charge in [-0.05, 0) is 67.4 Å². The van der Waals surface area contributed by atoms with E-state index < -0.39 is 34.3 Å². The number of ether oxygens (including phenoxy) is 2. The summed E-state index contributed by atoms with van der Waals surface area (Å²) >= 11 is 6.15. The molecule has 0 radical (unpaired) electrons. The molecule has 218 valence electrons. The molecule has 0 saturated heterocycles. The fraction of sp³-hybridized carbons (Fsp3) is 0.310. The van der Waals surface area contributed by atoms with Crippen LogP contribution in [0, 0.1) is 5.82 Å². The Morgan fingerprint density at radius 2 is 1.73 bits per heavy atom. The zero-order chi connectivity index (χ0) is 29.6. The van der Waals surface area contributed by atoms with E-state index in [0.29, 0.717) is 35.9 Å². The number of nitrogens with zero attached hydrogens (tertiary/aromatic N) is 2. The van der Waals surface area contributed by atoms with E-state index in [1.165, 1.54) is 35.2 Å². The second-order valence-corrected chi connectivity index (χ2v) is 11.7. The Bertz CT molecular complexity index is 1500. The fourth-order valence-electron chi connectivity index (χ4n) is 4.26. The van der Waals surface area contributed by atoms with Gasteiger partial charge >= 0.3 is 0 Å². The first-order valence-corrected chi connectivity index (χ1v) is 14.9. The maximum Gasteiger partial charge on any atom is 0.264 e. The van der Waals surface area contributed by atoms with Crippen LogP contribution in [0.4, 0.5) is 10.1 Å². The molecule has 4 rings (SSSR count). The molecule has 1 aliphatic heterocycles. The smallest absolute Gasteiger partial charge is 0.264 e. The van der Waals surface area contributed by atoms with E-state index in [9.17, 15) is 22.4 Å². The van der Waals surface area contributed by atoms with Crippen LogP contribution in [0.3, 0.4) is 0 Å². The van der Waals surface area contributed by atoms with E-state index >= 15 is 0 Å². The van der Waals surface area contributed by atoms with Gasteiger partial charge in [-0.25, -0.2) is 12.8 Å². The molecule has 1 atom stereocenters. The average Bonchev–Trinajstić information content (AvgIpc) is 2.97. The second-order valence-electron chi connectivity index (χ2n) is 9.41. The lowest BCUT2D eigenvalue weighted by atomic mass is 10.1. The lowest BCUT2D eigenvalue weighted by Crippen LogP contribution is -2.51. The molecule has 0 spiro atoms. The van der Waals surface area contributed by atoms with Crippen LogP contribution in [0.15, 0.2) is 71.6 Å². The van der Waals surface area contributed by atoms with Crippen molar-refractivity contribution in [1.82, 2.24) is 10.2 Å². The van der Waals surface area contributed by atoms with Gasteiger partial charge in [0, 0.05) is 24.2 Å². The van der Waals surface area contributed by atoms with E-state index in [1.807, 2.05) is 6.92 Å². The van der Waals surface area contributed by atoms with Crippen molar-refractivity contribution in [1.29, 1.82) is 0 Å². The number of carbonyl (C=O) groups is 2. The van der Waals surface area contributed by atoms with E-state index in [2.05, 4.69) is 5.32 Å². The lowest BCUT2D eigenvalue weighted by molar-refractivity contribution is -0.139. The maximum absolute atomic E-state index is 14.0. The normalized spacial score (nSPS) is 13.3. The molecule has 2 amide bonds. The molecule has 0 aromatic heterocycles. The largest absolute Gasteiger partial charge is 0.486 e. The minimum Gasteiger partial charge on any atom is -0.486 e. The van der Waals surface area contributed by atoms with E-state index in [0.717, 1.165) is 16.4 Å². The summed E-state index contributed by atoms with van der Waals surface area (Å²) in [5.41, 5.74) is 0.726. The predicted octanol–water partition coefficient (Wildman–Crippen LogP) is 4.39. The number of rotatable bonds is 11. The van der Waals surface area contributed by atoms with E-state index in [-0.39, 0.29) is 35.4 Å². The minimum absolute atomic E-state index is 0.00142. The van der Waals surface area contributed by atoms with Crippen LogP contribution in [-0.4, -0.2) is 57.5 Å². The molecule has 0 unspecified atom stereocenters. The molecule has 41 heavy (non-hydrogen) atoms. The molecule has 0 saturated carbocycles. The van der Waals surface area contributed by atoms with Crippen LogP contribution in [-0.2, 0) is 26.2 Å². The van der Waals surface area contributed by atoms with E-state index in [1.54, 1.807) is 31.2 Å². The van der Waals surface area contributed by atoms with Crippen LogP contribution in [0.5, 0.6) is 11.5 Å². The third kappa shape index (κ3) is 7.28. The van der Waals surface area contributed by atoms with Crippen molar-refractivity contribution in [3.8, 4) is 11.5 Å². The summed E-state index contributed by atoms with van der Waals surface area (Å²) in [6.45, 7) is 3.83. The van der Waals surface area contributed by atoms with Crippen LogP contribution in [0.25, 0.3) is 0 Å². The van der Waals surface area contributed by atoms with Crippen LogP contribution >= 0.6 is 11.6 Å². The Balaban J connectivity index is 1.71. The number of halogens is 2. The zero-order valence-corrected chi connectivity index (χ0v) is 24.3. The quantitative estimate of drug-likeness (QED) is 0.349. The highest BCUT2D eigenvalue weighted by Crippen LogP contribution is 2.34. The molecule has 9 nitrogen and oxygen atoms in total. The predicted molar refractivity (Wildman–Crippen MR) is 153 cm³/mol. The Hall–Kier alpha value is -3.83. The summed E-state index contributed by atoms with van der Waals surface area (Å²) in [6.07, 6.45) is 0.701. The van der Waals surface area contributed by atoms with Crippen molar-refractivity contribution in [2.24, 2.45) is 0 Å². The van der Waals surface area contributed by atoms with Gasteiger partial charge in [-0.15, -0.1) is 0 Å². The van der Waals surface area contributed by atoms with Crippen molar-refractivity contribution in [2.75, 3.05) is 30.6 Å². The Kier molecular flexibility index (Phi) is 9.72. The molecule has 12 heteroatoms. The molecular weight excluding hydrogens is 573 g/mol. The SMILES string of the molecule is CCCNC(=O)[C@H](C)N(Cc1cccc(Cl)c1)C(=O)CN(c1ccc(F)cc1)S(=O)(=O)c1ccc2c(c1)OCCO2. The molecule has 0 bridgehead atoms. The van der Waals surface area contributed by atoms with Crippen molar-refractivity contribution >= 4 is 39.1 Å². The molecule has 0 fully saturated rings. The third-order valence-corrected chi connectivity index (χ3v) is 8.46. The van der Waals surface area contributed by atoms with Gasteiger partial charge in [0.2, 0.25) is 11.8 Å². The number of carbonyl (C=O) groups excluding carboxylic acids is 2. The van der Waals surface area contributed by atoms with Crippen molar-refractivity contribution in [3.63, 3.8) is 0 Å². The lowest BCUT2D eigenvalue weighted by Gasteiger charge is -2.32. The van der Waals surface area contributed by atoms with Gasteiger partial charge in [-0.2, -0.15) is 0 Å². The molecule has 1 aliphatic rings. The summed E-state index contributed by atoms with van der Waals surface area (Å²) in [4.78, 5) is 28.0. The average molecular weight is 604 g/mol.